The van der Waals surface area contributed by atoms with E-state index in [4.69, 9.17) is 9.47 Å². The van der Waals surface area contributed by atoms with Gasteiger partial charge in [-0.2, -0.15) is 0 Å². The van der Waals surface area contributed by atoms with Crippen molar-refractivity contribution in [1.82, 2.24) is 0 Å². The zero-order valence-electron chi connectivity index (χ0n) is 10.1. The number of ether oxygens (including phenoxy) is 2. The number of rotatable bonds is 2. The van der Waals surface area contributed by atoms with Crippen LogP contribution in [0.4, 0.5) is 0 Å². The smallest absolute Gasteiger partial charge is 0.334 e. The summed E-state index contributed by atoms with van der Waals surface area (Å²) in [6.45, 7) is 0. The van der Waals surface area contributed by atoms with E-state index in [1.165, 1.54) is 7.11 Å². The van der Waals surface area contributed by atoms with Crippen LogP contribution in [0.1, 0.15) is 19.3 Å². The Kier molecular flexibility index (Phi) is 3.77. The minimum atomic E-state index is -0.366. The first-order valence-electron chi connectivity index (χ1n) is 5.76. The summed E-state index contributed by atoms with van der Waals surface area (Å²) in [4.78, 5) is 22.8. The Hall–Kier alpha value is -2.10. The van der Waals surface area contributed by atoms with Gasteiger partial charge in [0, 0.05) is 18.4 Å². The molecule has 0 saturated heterocycles. The molecule has 1 aliphatic heterocycles. The van der Waals surface area contributed by atoms with E-state index in [0.717, 1.165) is 5.57 Å². The Labute approximate surface area is 105 Å². The normalized spacial score (nSPS) is 19.2. The largest absolute Gasteiger partial charge is 0.466 e. The second-order valence-electron chi connectivity index (χ2n) is 4.02. The molecule has 18 heavy (non-hydrogen) atoms. The standard InChI is InChI=1S/C14H14O4/c1-17-14(16)11-6-3-2-5-10(9-11)12-7-4-8-13(15)18-12/h2-3,5-7H,4,8-9H2,1H3. The van der Waals surface area contributed by atoms with Gasteiger partial charge >= 0.3 is 11.9 Å². The summed E-state index contributed by atoms with van der Waals surface area (Å²) in [5.41, 5.74) is 1.36. The van der Waals surface area contributed by atoms with Crippen molar-refractivity contribution in [3.63, 3.8) is 0 Å². The minimum absolute atomic E-state index is 0.231. The highest BCUT2D eigenvalue weighted by atomic mass is 16.5. The van der Waals surface area contributed by atoms with Gasteiger partial charge in [0.15, 0.2) is 0 Å². The minimum Gasteiger partial charge on any atom is -0.466 e. The fourth-order valence-corrected chi connectivity index (χ4v) is 1.84. The monoisotopic (exact) mass is 246 g/mol. The SMILES string of the molecule is COC(=O)C1=CC=CC=C(C2=CCCC(=O)O2)C1. The molecule has 4 nitrogen and oxygen atoms in total. The molecule has 0 amide bonds. The molecule has 0 fully saturated rings. The number of carbonyl (C=O) groups excluding carboxylic acids is 2. The first-order chi connectivity index (χ1) is 8.70. The fraction of sp³-hybridized carbons (Fsp3) is 0.286. The third-order valence-electron chi connectivity index (χ3n) is 2.75. The van der Waals surface area contributed by atoms with Crippen molar-refractivity contribution in [2.75, 3.05) is 7.11 Å². The lowest BCUT2D eigenvalue weighted by molar-refractivity contribution is -0.140. The average molecular weight is 246 g/mol. The number of allylic oxidation sites excluding steroid dienone is 6. The predicted molar refractivity (Wildman–Crippen MR) is 65.3 cm³/mol. The van der Waals surface area contributed by atoms with Crippen molar-refractivity contribution < 1.29 is 19.1 Å². The van der Waals surface area contributed by atoms with Crippen LogP contribution in [0.2, 0.25) is 0 Å². The molecule has 1 aliphatic carbocycles. The van der Waals surface area contributed by atoms with Gasteiger partial charge in [-0.1, -0.05) is 24.3 Å². The van der Waals surface area contributed by atoms with Crippen molar-refractivity contribution in [2.45, 2.75) is 19.3 Å². The van der Waals surface area contributed by atoms with Gasteiger partial charge in [-0.15, -0.1) is 0 Å². The summed E-state index contributed by atoms with van der Waals surface area (Å²) in [6.07, 6.45) is 10.5. The predicted octanol–water partition coefficient (Wildman–Crippen LogP) is 2.19. The molecule has 0 aromatic carbocycles. The molecule has 4 heteroatoms. The Morgan fingerprint density at radius 3 is 2.83 bits per heavy atom. The average Bonchev–Trinajstić information content (AvgIpc) is 2.63. The van der Waals surface area contributed by atoms with Crippen LogP contribution in [0.3, 0.4) is 0 Å². The second kappa shape index (κ2) is 5.49. The van der Waals surface area contributed by atoms with Crippen molar-refractivity contribution in [3.05, 3.63) is 47.3 Å². The Morgan fingerprint density at radius 1 is 1.33 bits per heavy atom. The maximum atomic E-state index is 11.5. The highest BCUT2D eigenvalue weighted by Gasteiger charge is 2.20. The molecule has 0 atom stereocenters. The highest BCUT2D eigenvalue weighted by Crippen LogP contribution is 2.26. The zero-order valence-corrected chi connectivity index (χ0v) is 10.1. The summed E-state index contributed by atoms with van der Waals surface area (Å²) in [5.74, 6) is -0.0481. The van der Waals surface area contributed by atoms with Crippen molar-refractivity contribution in [2.24, 2.45) is 0 Å². The quantitative estimate of drug-likeness (QED) is 0.701. The van der Waals surface area contributed by atoms with Crippen molar-refractivity contribution in [3.8, 4) is 0 Å². The van der Waals surface area contributed by atoms with Gasteiger partial charge in [0.25, 0.3) is 0 Å². The van der Waals surface area contributed by atoms with E-state index < -0.39 is 0 Å². The molecule has 0 bridgehead atoms. The van der Waals surface area contributed by atoms with E-state index in [1.54, 1.807) is 12.2 Å². The first-order valence-corrected chi connectivity index (χ1v) is 5.76. The lowest BCUT2D eigenvalue weighted by Gasteiger charge is -2.16. The van der Waals surface area contributed by atoms with E-state index in [0.29, 0.717) is 30.6 Å². The Bertz CT molecular complexity index is 492. The van der Waals surface area contributed by atoms with Gasteiger partial charge in [0.05, 0.1) is 7.11 Å². The number of carbonyl (C=O) groups is 2. The maximum absolute atomic E-state index is 11.5. The number of hydrogen-bond donors (Lipinski definition) is 0. The van der Waals surface area contributed by atoms with E-state index in [1.807, 2.05) is 18.2 Å². The molecule has 0 N–H and O–H groups in total. The molecular weight excluding hydrogens is 232 g/mol. The number of esters is 2. The molecule has 0 aromatic heterocycles. The highest BCUT2D eigenvalue weighted by molar-refractivity contribution is 5.89. The summed E-state index contributed by atoms with van der Waals surface area (Å²) >= 11 is 0. The van der Waals surface area contributed by atoms with E-state index in [2.05, 4.69) is 0 Å². The number of hydrogen-bond acceptors (Lipinski definition) is 4. The Balaban J connectivity index is 2.20. The van der Waals surface area contributed by atoms with Gasteiger partial charge < -0.3 is 9.47 Å². The van der Waals surface area contributed by atoms with Crippen LogP contribution in [-0.4, -0.2) is 19.0 Å². The molecular formula is C14H14O4. The van der Waals surface area contributed by atoms with Crippen LogP contribution < -0.4 is 0 Å². The van der Waals surface area contributed by atoms with Crippen molar-refractivity contribution >= 4 is 11.9 Å². The molecule has 1 heterocycles. The third-order valence-corrected chi connectivity index (χ3v) is 2.75. The van der Waals surface area contributed by atoms with E-state index in [-0.39, 0.29) is 11.9 Å². The lowest BCUT2D eigenvalue weighted by Crippen LogP contribution is -2.12. The van der Waals surface area contributed by atoms with Crippen LogP contribution in [0.25, 0.3) is 0 Å². The second-order valence-corrected chi connectivity index (χ2v) is 4.02. The fourth-order valence-electron chi connectivity index (χ4n) is 1.84. The van der Waals surface area contributed by atoms with Crippen LogP contribution in [0, 0.1) is 0 Å². The molecule has 2 rings (SSSR count). The summed E-state index contributed by atoms with van der Waals surface area (Å²) in [6, 6.07) is 0. The molecule has 0 spiro atoms. The molecule has 0 unspecified atom stereocenters. The van der Waals surface area contributed by atoms with Crippen molar-refractivity contribution in [1.29, 1.82) is 0 Å². The van der Waals surface area contributed by atoms with Gasteiger partial charge in [-0.25, -0.2) is 4.79 Å². The molecule has 94 valence electrons. The van der Waals surface area contributed by atoms with E-state index in [9.17, 15) is 9.59 Å². The molecule has 0 saturated carbocycles. The summed E-state index contributed by atoms with van der Waals surface area (Å²) < 4.78 is 9.89. The van der Waals surface area contributed by atoms with Crippen LogP contribution >= 0.6 is 0 Å². The van der Waals surface area contributed by atoms with Gasteiger partial charge in [-0.3, -0.25) is 4.79 Å². The number of cyclic esters (lactones) is 1. The van der Waals surface area contributed by atoms with Crippen LogP contribution in [0.15, 0.2) is 47.3 Å². The Morgan fingerprint density at radius 2 is 2.11 bits per heavy atom. The number of methoxy groups -OCH3 is 1. The first kappa shape index (κ1) is 12.4. The zero-order chi connectivity index (χ0) is 13.0. The van der Waals surface area contributed by atoms with Gasteiger partial charge in [-0.05, 0) is 18.1 Å². The summed E-state index contributed by atoms with van der Waals surface area (Å²) in [7, 11) is 1.35. The van der Waals surface area contributed by atoms with Gasteiger partial charge in [0.2, 0.25) is 0 Å². The molecule has 0 aromatic rings. The molecule has 0 radical (unpaired) electrons. The van der Waals surface area contributed by atoms with Gasteiger partial charge in [0.1, 0.15) is 5.76 Å². The summed E-state index contributed by atoms with van der Waals surface area (Å²) in [5, 5.41) is 0. The van der Waals surface area contributed by atoms with Crippen LogP contribution in [-0.2, 0) is 19.1 Å². The van der Waals surface area contributed by atoms with E-state index >= 15 is 0 Å². The third kappa shape index (κ3) is 2.77. The topological polar surface area (TPSA) is 52.6 Å². The lowest BCUT2D eigenvalue weighted by atomic mass is 10.0. The molecule has 2 aliphatic rings. The van der Waals surface area contributed by atoms with Crippen LogP contribution in [0.5, 0.6) is 0 Å². The maximum Gasteiger partial charge on any atom is 0.334 e.